The maximum absolute atomic E-state index is 11.9. The van der Waals surface area contributed by atoms with Gasteiger partial charge in [-0.1, -0.05) is 13.8 Å². The van der Waals surface area contributed by atoms with E-state index in [1.165, 1.54) is 12.8 Å². The highest BCUT2D eigenvalue weighted by Crippen LogP contribution is 2.23. The average Bonchev–Trinajstić information content (AvgIpc) is 2.75. The van der Waals surface area contributed by atoms with E-state index in [2.05, 4.69) is 34.4 Å². The average molecular weight is 296 g/mol. The fourth-order valence-electron chi connectivity index (χ4n) is 2.84. The molecule has 1 saturated heterocycles. The van der Waals surface area contributed by atoms with Crippen LogP contribution < -0.4 is 10.6 Å². The first kappa shape index (κ1) is 17.8. The van der Waals surface area contributed by atoms with Crippen LogP contribution in [0.1, 0.15) is 47.5 Å². The van der Waals surface area contributed by atoms with Crippen LogP contribution in [0.15, 0.2) is 4.99 Å². The first-order chi connectivity index (χ1) is 9.71. The maximum atomic E-state index is 11.9. The minimum absolute atomic E-state index is 0.00146. The number of carbonyl (C=O) groups excluding carboxylic acids is 1. The summed E-state index contributed by atoms with van der Waals surface area (Å²) in [5.74, 6) is 2.32. The zero-order valence-electron chi connectivity index (χ0n) is 14.5. The summed E-state index contributed by atoms with van der Waals surface area (Å²) >= 11 is 0. The molecule has 1 aliphatic rings. The lowest BCUT2D eigenvalue weighted by Crippen LogP contribution is -2.48. The van der Waals surface area contributed by atoms with Crippen LogP contribution in [0.3, 0.4) is 0 Å². The molecule has 0 aromatic heterocycles. The van der Waals surface area contributed by atoms with Crippen molar-refractivity contribution in [1.29, 1.82) is 0 Å². The lowest BCUT2D eigenvalue weighted by Gasteiger charge is -2.24. The Kier molecular flexibility index (Phi) is 6.49. The van der Waals surface area contributed by atoms with Gasteiger partial charge in [0.15, 0.2) is 5.96 Å². The molecule has 0 radical (unpaired) electrons. The summed E-state index contributed by atoms with van der Waals surface area (Å²) < 4.78 is 0. The summed E-state index contributed by atoms with van der Waals surface area (Å²) in [7, 11) is 1.78. The van der Waals surface area contributed by atoms with Crippen molar-refractivity contribution < 1.29 is 4.79 Å². The van der Waals surface area contributed by atoms with Crippen molar-refractivity contribution in [3.8, 4) is 0 Å². The van der Waals surface area contributed by atoms with Gasteiger partial charge in [0, 0.05) is 25.7 Å². The first-order valence-corrected chi connectivity index (χ1v) is 7.98. The third-order valence-electron chi connectivity index (χ3n) is 3.52. The normalized spacial score (nSPS) is 20.0. The van der Waals surface area contributed by atoms with E-state index in [0.717, 1.165) is 30.9 Å². The Balaban J connectivity index is 2.41. The molecule has 1 amide bonds. The first-order valence-electron chi connectivity index (χ1n) is 7.98. The molecule has 0 aromatic rings. The summed E-state index contributed by atoms with van der Waals surface area (Å²) in [6.07, 6.45) is 2.48. The lowest BCUT2D eigenvalue weighted by molar-refractivity contribution is -0.121. The Morgan fingerprint density at radius 3 is 2.57 bits per heavy atom. The van der Waals surface area contributed by atoms with E-state index in [-0.39, 0.29) is 18.0 Å². The second kappa shape index (κ2) is 7.66. The molecule has 5 heteroatoms. The van der Waals surface area contributed by atoms with Gasteiger partial charge in [-0.15, -0.1) is 0 Å². The van der Waals surface area contributed by atoms with Gasteiger partial charge in [0.25, 0.3) is 0 Å². The van der Waals surface area contributed by atoms with Crippen molar-refractivity contribution in [1.82, 2.24) is 15.5 Å². The second-order valence-electron chi connectivity index (χ2n) is 7.43. The summed E-state index contributed by atoms with van der Waals surface area (Å²) in [5.41, 5.74) is -0.196. The number of guanidine groups is 1. The Bertz CT molecular complexity index is 371. The SMILES string of the molecule is CN=C(NCC(=O)NC(C)(C)C)N1CCC(CC(C)C)C1. The summed E-state index contributed by atoms with van der Waals surface area (Å²) in [6.45, 7) is 12.8. The Hall–Kier alpha value is -1.26. The third-order valence-corrected chi connectivity index (χ3v) is 3.52. The lowest BCUT2D eigenvalue weighted by atomic mass is 9.97. The van der Waals surface area contributed by atoms with Crippen molar-refractivity contribution in [3.05, 3.63) is 0 Å². The Morgan fingerprint density at radius 2 is 2.05 bits per heavy atom. The minimum Gasteiger partial charge on any atom is -0.350 e. The van der Waals surface area contributed by atoms with Crippen molar-refractivity contribution in [2.45, 2.75) is 53.0 Å². The molecule has 21 heavy (non-hydrogen) atoms. The number of hydrogen-bond donors (Lipinski definition) is 2. The van der Waals surface area contributed by atoms with Crippen molar-refractivity contribution in [2.24, 2.45) is 16.8 Å². The van der Waals surface area contributed by atoms with E-state index < -0.39 is 0 Å². The van der Waals surface area contributed by atoms with E-state index in [1.54, 1.807) is 7.05 Å². The van der Waals surface area contributed by atoms with Gasteiger partial charge < -0.3 is 15.5 Å². The smallest absolute Gasteiger partial charge is 0.239 e. The molecular formula is C16H32N4O. The Labute approximate surface area is 129 Å². The van der Waals surface area contributed by atoms with Crippen LogP contribution in [0.2, 0.25) is 0 Å². The van der Waals surface area contributed by atoms with Crippen LogP contribution in [0.5, 0.6) is 0 Å². The number of aliphatic imine (C=N–C) groups is 1. The monoisotopic (exact) mass is 296 g/mol. The van der Waals surface area contributed by atoms with Crippen molar-refractivity contribution in [2.75, 3.05) is 26.7 Å². The largest absolute Gasteiger partial charge is 0.350 e. The van der Waals surface area contributed by atoms with Crippen LogP contribution in [-0.2, 0) is 4.79 Å². The predicted octanol–water partition coefficient (Wildman–Crippen LogP) is 1.84. The van der Waals surface area contributed by atoms with Gasteiger partial charge in [0.05, 0.1) is 6.54 Å². The van der Waals surface area contributed by atoms with Gasteiger partial charge in [-0.25, -0.2) is 0 Å². The molecule has 1 aliphatic heterocycles. The molecule has 2 N–H and O–H groups in total. The highest BCUT2D eigenvalue weighted by molar-refractivity contribution is 5.86. The van der Waals surface area contributed by atoms with Gasteiger partial charge in [-0.3, -0.25) is 9.79 Å². The number of rotatable bonds is 4. The molecule has 0 bridgehead atoms. The fraction of sp³-hybridized carbons (Fsp3) is 0.875. The Morgan fingerprint density at radius 1 is 1.38 bits per heavy atom. The van der Waals surface area contributed by atoms with Gasteiger partial charge in [-0.05, 0) is 45.4 Å². The van der Waals surface area contributed by atoms with E-state index in [0.29, 0.717) is 0 Å². The molecule has 5 nitrogen and oxygen atoms in total. The molecule has 0 spiro atoms. The molecule has 1 unspecified atom stereocenters. The van der Waals surface area contributed by atoms with Gasteiger partial charge in [0.1, 0.15) is 0 Å². The minimum atomic E-state index is -0.196. The van der Waals surface area contributed by atoms with Crippen molar-refractivity contribution >= 4 is 11.9 Å². The highest BCUT2D eigenvalue weighted by Gasteiger charge is 2.25. The van der Waals surface area contributed by atoms with E-state index in [9.17, 15) is 4.79 Å². The number of carbonyl (C=O) groups is 1. The summed E-state index contributed by atoms with van der Waals surface area (Å²) in [6, 6.07) is 0. The number of amides is 1. The van der Waals surface area contributed by atoms with Gasteiger partial charge >= 0.3 is 0 Å². The zero-order chi connectivity index (χ0) is 16.0. The molecule has 1 heterocycles. The number of likely N-dealkylation sites (tertiary alicyclic amines) is 1. The molecule has 0 aromatic carbocycles. The quantitative estimate of drug-likeness (QED) is 0.615. The fourth-order valence-corrected chi connectivity index (χ4v) is 2.84. The standard InChI is InChI=1S/C16H32N4O/c1-12(2)9-13-7-8-20(11-13)15(17-6)18-10-14(21)19-16(3,4)5/h12-13H,7-11H2,1-6H3,(H,17,18)(H,19,21). The van der Waals surface area contributed by atoms with Crippen LogP contribution in [-0.4, -0.2) is 49.0 Å². The number of hydrogen-bond acceptors (Lipinski definition) is 2. The van der Waals surface area contributed by atoms with E-state index in [4.69, 9.17) is 0 Å². The van der Waals surface area contributed by atoms with Crippen LogP contribution in [0.4, 0.5) is 0 Å². The number of nitrogens with zero attached hydrogens (tertiary/aromatic N) is 2. The van der Waals surface area contributed by atoms with Gasteiger partial charge in [-0.2, -0.15) is 0 Å². The molecule has 0 saturated carbocycles. The van der Waals surface area contributed by atoms with Crippen molar-refractivity contribution in [3.63, 3.8) is 0 Å². The predicted molar refractivity (Wildman–Crippen MR) is 88.4 cm³/mol. The molecular weight excluding hydrogens is 264 g/mol. The molecule has 1 rings (SSSR count). The molecule has 0 aliphatic carbocycles. The maximum Gasteiger partial charge on any atom is 0.239 e. The summed E-state index contributed by atoms with van der Waals surface area (Å²) in [4.78, 5) is 18.4. The topological polar surface area (TPSA) is 56.7 Å². The van der Waals surface area contributed by atoms with E-state index >= 15 is 0 Å². The molecule has 1 atom stereocenters. The van der Waals surface area contributed by atoms with Crippen LogP contribution >= 0.6 is 0 Å². The highest BCUT2D eigenvalue weighted by atomic mass is 16.2. The zero-order valence-corrected chi connectivity index (χ0v) is 14.5. The van der Waals surface area contributed by atoms with Crippen LogP contribution in [0.25, 0.3) is 0 Å². The van der Waals surface area contributed by atoms with E-state index in [1.807, 2.05) is 20.8 Å². The second-order valence-corrected chi connectivity index (χ2v) is 7.43. The third kappa shape index (κ3) is 6.82. The molecule has 1 fully saturated rings. The molecule has 122 valence electrons. The number of nitrogens with one attached hydrogen (secondary N) is 2. The summed E-state index contributed by atoms with van der Waals surface area (Å²) in [5, 5.41) is 6.12. The van der Waals surface area contributed by atoms with Gasteiger partial charge in [0.2, 0.25) is 5.91 Å². The van der Waals surface area contributed by atoms with Crippen LogP contribution in [0, 0.1) is 11.8 Å².